The lowest BCUT2D eigenvalue weighted by Gasteiger charge is -2.27. The second-order valence-electron chi connectivity index (χ2n) is 8.29. The van der Waals surface area contributed by atoms with E-state index >= 15 is 0 Å². The van der Waals surface area contributed by atoms with Crippen LogP contribution in [-0.2, 0) is 4.79 Å². The van der Waals surface area contributed by atoms with Gasteiger partial charge < -0.3 is 14.9 Å². The van der Waals surface area contributed by atoms with Gasteiger partial charge in [-0.2, -0.15) is 0 Å². The molecule has 9 heteroatoms. The van der Waals surface area contributed by atoms with E-state index in [1.807, 2.05) is 11.0 Å². The van der Waals surface area contributed by atoms with Gasteiger partial charge >= 0.3 is 0 Å². The van der Waals surface area contributed by atoms with Crippen molar-refractivity contribution in [2.45, 2.75) is 19.3 Å². The number of carbonyl (C=O) groups is 1. The number of hydrogen-bond donors (Lipinski definition) is 2. The number of hydrogen-bond acceptors (Lipinski definition) is 5. The Bertz CT molecular complexity index is 1480. The molecule has 0 spiro atoms. The largest absolute Gasteiger partial charge is 0.338 e. The molecule has 2 N–H and O–H groups in total. The molecule has 0 bridgehead atoms. The molecule has 1 aliphatic carbocycles. The van der Waals surface area contributed by atoms with Gasteiger partial charge in [0.25, 0.3) is 5.56 Å². The van der Waals surface area contributed by atoms with Crippen LogP contribution in [0.1, 0.15) is 25.0 Å². The zero-order chi connectivity index (χ0) is 21.8. The Labute approximate surface area is 187 Å². The maximum absolute atomic E-state index is 12.8. The van der Waals surface area contributed by atoms with Crippen LogP contribution in [0.2, 0.25) is 5.15 Å². The predicted octanol–water partition coefficient (Wildman–Crippen LogP) is 3.54. The van der Waals surface area contributed by atoms with E-state index in [-0.39, 0.29) is 17.4 Å². The normalized spacial score (nSPS) is 16.5. The highest BCUT2D eigenvalue weighted by atomic mass is 35.5. The van der Waals surface area contributed by atoms with Crippen LogP contribution in [0.5, 0.6) is 0 Å². The highest BCUT2D eigenvalue weighted by molar-refractivity contribution is 6.29. The quantitative estimate of drug-likeness (QED) is 0.468. The minimum absolute atomic E-state index is 0.189. The molecular weight excluding hydrogens is 428 g/mol. The molecule has 1 saturated carbocycles. The van der Waals surface area contributed by atoms with E-state index in [4.69, 9.17) is 11.6 Å². The SMILES string of the molecule is O=C(C1CC1)N1CCC=C(c2nccc3[nH]c(=O)c(-c4nc5cc(Cl)ncc5[nH]4)cc23)C1. The molecule has 160 valence electrons. The molecule has 0 atom stereocenters. The lowest BCUT2D eigenvalue weighted by Crippen LogP contribution is -2.36. The van der Waals surface area contributed by atoms with E-state index in [2.05, 4.69) is 31.0 Å². The first kappa shape index (κ1) is 19.2. The van der Waals surface area contributed by atoms with Crippen molar-refractivity contribution in [3.05, 3.63) is 57.9 Å². The van der Waals surface area contributed by atoms with Crippen molar-refractivity contribution < 1.29 is 4.79 Å². The second-order valence-corrected chi connectivity index (χ2v) is 8.68. The molecule has 5 heterocycles. The molecule has 1 fully saturated rings. The van der Waals surface area contributed by atoms with Gasteiger partial charge in [0.05, 0.1) is 34.0 Å². The van der Waals surface area contributed by atoms with Crippen molar-refractivity contribution in [2.24, 2.45) is 5.92 Å². The summed E-state index contributed by atoms with van der Waals surface area (Å²) in [5.41, 5.74) is 3.94. The Hall–Kier alpha value is -3.52. The number of aromatic nitrogens is 5. The maximum Gasteiger partial charge on any atom is 0.259 e. The van der Waals surface area contributed by atoms with Crippen molar-refractivity contribution in [3.63, 3.8) is 0 Å². The number of aromatic amines is 2. The van der Waals surface area contributed by atoms with Gasteiger partial charge in [-0.15, -0.1) is 0 Å². The lowest BCUT2D eigenvalue weighted by atomic mass is 10.0. The number of carbonyl (C=O) groups excluding carboxylic acids is 1. The number of nitrogens with one attached hydrogen (secondary N) is 2. The Balaban J connectivity index is 1.45. The summed E-state index contributed by atoms with van der Waals surface area (Å²) in [5, 5.41) is 1.15. The van der Waals surface area contributed by atoms with Crippen LogP contribution in [-0.4, -0.2) is 48.8 Å². The highest BCUT2D eigenvalue weighted by Gasteiger charge is 2.34. The third-order valence-corrected chi connectivity index (χ3v) is 6.26. The smallest absolute Gasteiger partial charge is 0.259 e. The van der Waals surface area contributed by atoms with E-state index in [9.17, 15) is 9.59 Å². The predicted molar refractivity (Wildman–Crippen MR) is 122 cm³/mol. The first-order valence-electron chi connectivity index (χ1n) is 10.6. The fourth-order valence-electron chi connectivity index (χ4n) is 4.26. The standard InChI is InChI=1S/C23H19ClN6O2/c24-19-9-17-18(10-26-19)28-21(27-17)15-8-14-16(29-22(15)31)5-6-25-20(14)13-2-1-7-30(11-13)23(32)12-3-4-12/h2,5-6,8-10,12H,1,3-4,7,11H2,(H,27,28)(H,29,31). The monoisotopic (exact) mass is 446 g/mol. The molecule has 1 aliphatic heterocycles. The van der Waals surface area contributed by atoms with Crippen LogP contribution in [0, 0.1) is 5.92 Å². The van der Waals surface area contributed by atoms with Gasteiger partial charge in [-0.05, 0) is 37.0 Å². The molecule has 6 rings (SSSR count). The van der Waals surface area contributed by atoms with E-state index in [0.717, 1.165) is 42.5 Å². The Morgan fingerprint density at radius 1 is 1.16 bits per heavy atom. The molecule has 32 heavy (non-hydrogen) atoms. The summed E-state index contributed by atoms with van der Waals surface area (Å²) in [4.78, 5) is 46.7. The van der Waals surface area contributed by atoms with Crippen molar-refractivity contribution in [1.29, 1.82) is 0 Å². The van der Waals surface area contributed by atoms with E-state index < -0.39 is 0 Å². The molecule has 0 aromatic carbocycles. The van der Waals surface area contributed by atoms with Crippen molar-refractivity contribution >= 4 is 45.0 Å². The van der Waals surface area contributed by atoms with Crippen molar-refractivity contribution in [1.82, 2.24) is 29.8 Å². The second kappa shape index (κ2) is 7.27. The fourth-order valence-corrected chi connectivity index (χ4v) is 4.42. The molecule has 0 unspecified atom stereocenters. The third-order valence-electron chi connectivity index (χ3n) is 6.05. The first-order chi connectivity index (χ1) is 15.6. The van der Waals surface area contributed by atoms with Gasteiger partial charge in [-0.3, -0.25) is 14.6 Å². The van der Waals surface area contributed by atoms with Crippen LogP contribution < -0.4 is 5.56 Å². The van der Waals surface area contributed by atoms with Crippen LogP contribution >= 0.6 is 11.6 Å². The number of rotatable bonds is 3. The van der Waals surface area contributed by atoms with Gasteiger partial charge in [0, 0.05) is 36.7 Å². The van der Waals surface area contributed by atoms with Gasteiger partial charge in [-0.25, -0.2) is 9.97 Å². The van der Waals surface area contributed by atoms with Crippen molar-refractivity contribution in [2.75, 3.05) is 13.1 Å². The molecule has 1 amide bonds. The number of imidazole rings is 1. The van der Waals surface area contributed by atoms with Crippen LogP contribution in [0.3, 0.4) is 0 Å². The van der Waals surface area contributed by atoms with E-state index in [0.29, 0.717) is 39.6 Å². The molecule has 4 aromatic rings. The summed E-state index contributed by atoms with van der Waals surface area (Å²) in [6.45, 7) is 1.27. The molecule has 2 aliphatic rings. The van der Waals surface area contributed by atoms with Crippen LogP contribution in [0.25, 0.3) is 38.9 Å². The number of H-pyrrole nitrogens is 2. The Kier molecular flexibility index (Phi) is 4.36. The molecule has 4 aromatic heterocycles. The summed E-state index contributed by atoms with van der Waals surface area (Å²) in [5.74, 6) is 0.860. The number of fused-ring (bicyclic) bond motifs is 2. The van der Waals surface area contributed by atoms with E-state index in [1.54, 1.807) is 24.5 Å². The average Bonchev–Trinajstić information content (AvgIpc) is 3.57. The Morgan fingerprint density at radius 3 is 2.88 bits per heavy atom. The van der Waals surface area contributed by atoms with Gasteiger partial charge in [-0.1, -0.05) is 17.7 Å². The molecule has 0 saturated heterocycles. The minimum atomic E-state index is -0.254. The lowest BCUT2D eigenvalue weighted by molar-refractivity contribution is -0.132. The summed E-state index contributed by atoms with van der Waals surface area (Å²) in [7, 11) is 0. The summed E-state index contributed by atoms with van der Waals surface area (Å²) >= 11 is 5.97. The first-order valence-corrected chi connectivity index (χ1v) is 11.0. The van der Waals surface area contributed by atoms with E-state index in [1.165, 1.54) is 0 Å². The van der Waals surface area contributed by atoms with Crippen molar-refractivity contribution in [3.8, 4) is 11.4 Å². The van der Waals surface area contributed by atoms with Gasteiger partial charge in [0.15, 0.2) is 0 Å². The average molecular weight is 447 g/mol. The van der Waals surface area contributed by atoms with Gasteiger partial charge in [0.2, 0.25) is 5.91 Å². The highest BCUT2D eigenvalue weighted by Crippen LogP contribution is 2.33. The number of amides is 1. The maximum atomic E-state index is 12.8. The number of nitrogens with zero attached hydrogens (tertiary/aromatic N) is 4. The molecule has 8 nitrogen and oxygen atoms in total. The zero-order valence-corrected chi connectivity index (χ0v) is 17.8. The topological polar surface area (TPSA) is 108 Å². The Morgan fingerprint density at radius 2 is 2.03 bits per heavy atom. The van der Waals surface area contributed by atoms with Crippen LogP contribution in [0.4, 0.5) is 0 Å². The fraction of sp³-hybridized carbons (Fsp3) is 0.261. The molecular formula is C23H19ClN6O2. The summed E-state index contributed by atoms with van der Waals surface area (Å²) in [6.07, 6.45) is 8.18. The number of pyridine rings is 3. The minimum Gasteiger partial charge on any atom is -0.338 e. The molecule has 0 radical (unpaired) electrons. The van der Waals surface area contributed by atoms with Crippen LogP contribution in [0.15, 0.2) is 41.5 Å². The summed E-state index contributed by atoms with van der Waals surface area (Å²) < 4.78 is 0. The number of halogens is 1. The van der Waals surface area contributed by atoms with Gasteiger partial charge in [0.1, 0.15) is 11.0 Å². The zero-order valence-electron chi connectivity index (χ0n) is 17.1. The third kappa shape index (κ3) is 3.27. The summed E-state index contributed by atoms with van der Waals surface area (Å²) in [6, 6.07) is 5.24.